The number of Topliss-reactive ketones (excluding diaryl/α,β-unsaturated/α-hetero) is 1. The van der Waals surface area contributed by atoms with Crippen LogP contribution < -0.4 is 0 Å². The van der Waals surface area contributed by atoms with E-state index < -0.39 is 0 Å². The van der Waals surface area contributed by atoms with Crippen LogP contribution in [-0.2, 0) is 13.5 Å². The van der Waals surface area contributed by atoms with E-state index in [-0.39, 0.29) is 32.5 Å². The molecule has 0 radical (unpaired) electrons. The van der Waals surface area contributed by atoms with Crippen LogP contribution in [0.15, 0.2) is 54.0 Å². The Morgan fingerprint density at radius 1 is 1.27 bits per heavy atom. The second-order valence-corrected chi connectivity index (χ2v) is 8.90. The molecule has 0 aliphatic rings. The van der Waals surface area contributed by atoms with Crippen LogP contribution in [0.3, 0.4) is 0 Å². The Morgan fingerprint density at radius 3 is 2.88 bits per heavy atom. The molecule has 7 heteroatoms. The molecule has 0 aliphatic carbocycles. The normalized spacial score (nSPS) is 11.0. The van der Waals surface area contributed by atoms with Crippen LogP contribution in [0, 0.1) is 5.82 Å². The van der Waals surface area contributed by atoms with Gasteiger partial charge in [-0.05, 0) is 0 Å². The molecular weight excluding hydrogens is 416 g/mol. The molecule has 130 valence electrons. The van der Waals surface area contributed by atoms with E-state index in [2.05, 4.69) is 10.1 Å². The van der Waals surface area contributed by atoms with Gasteiger partial charge in [-0.15, -0.1) is 0 Å². The molecule has 0 N–H and O–H groups in total. The summed E-state index contributed by atoms with van der Waals surface area (Å²) < 4.78 is 17.4. The molecule has 0 aliphatic heterocycles. The van der Waals surface area contributed by atoms with Crippen molar-refractivity contribution in [3.05, 3.63) is 69.9 Å². The molecule has 0 fully saturated rings. The molecule has 4 rings (SSSR count). The number of nitrogens with zero attached hydrogens (tertiary/aromatic N) is 3. The number of rotatable bonds is 5. The average Bonchev–Trinajstić information content (AvgIpc) is 3.36. The monoisotopic (exact) mass is 431 g/mol. The van der Waals surface area contributed by atoms with Gasteiger partial charge < -0.3 is 0 Å². The summed E-state index contributed by atoms with van der Waals surface area (Å²) in [5.41, 5.74) is 2.26. The molecule has 0 amide bonds. The molecule has 0 atom stereocenters. The third kappa shape index (κ3) is 3.33. The Morgan fingerprint density at radius 2 is 2.12 bits per heavy atom. The van der Waals surface area contributed by atoms with Crippen molar-refractivity contribution in [2.24, 2.45) is 7.05 Å². The van der Waals surface area contributed by atoms with Crippen molar-refractivity contribution >= 4 is 31.6 Å². The molecular formula is C19H14FN3OSSe. The molecule has 26 heavy (non-hydrogen) atoms. The summed E-state index contributed by atoms with van der Waals surface area (Å²) in [7, 11) is 1.89. The zero-order chi connectivity index (χ0) is 18.1. The second-order valence-electron chi connectivity index (χ2n) is 5.73. The second kappa shape index (κ2) is 7.11. The van der Waals surface area contributed by atoms with Gasteiger partial charge in [-0.2, -0.15) is 0 Å². The van der Waals surface area contributed by atoms with Crippen LogP contribution in [0.4, 0.5) is 4.39 Å². The van der Waals surface area contributed by atoms with Gasteiger partial charge >= 0.3 is 160 Å². The van der Waals surface area contributed by atoms with E-state index in [0.717, 1.165) is 25.3 Å². The molecule has 3 heterocycles. The quantitative estimate of drug-likeness (QED) is 0.357. The van der Waals surface area contributed by atoms with Gasteiger partial charge in [0.15, 0.2) is 0 Å². The van der Waals surface area contributed by atoms with Crippen molar-refractivity contribution < 1.29 is 9.18 Å². The Labute approximate surface area is 159 Å². The fourth-order valence-corrected chi connectivity index (χ4v) is 5.35. The zero-order valence-electron chi connectivity index (χ0n) is 13.8. The first kappa shape index (κ1) is 17.1. The van der Waals surface area contributed by atoms with Crippen LogP contribution in [0.5, 0.6) is 0 Å². The fraction of sp³-hybridized carbons (Fsp3) is 0.105. The van der Waals surface area contributed by atoms with Crippen molar-refractivity contribution in [2.75, 3.05) is 0 Å². The van der Waals surface area contributed by atoms with Crippen LogP contribution in [-0.4, -0.2) is 35.1 Å². The first-order valence-corrected chi connectivity index (χ1v) is 10.5. The topological polar surface area (TPSA) is 47.8 Å². The fourth-order valence-electron chi connectivity index (χ4n) is 2.68. The van der Waals surface area contributed by atoms with E-state index in [1.807, 2.05) is 35.3 Å². The summed E-state index contributed by atoms with van der Waals surface area (Å²) >= 11 is 1.43. The van der Waals surface area contributed by atoms with Gasteiger partial charge in [0.05, 0.1) is 0 Å². The third-order valence-corrected chi connectivity index (χ3v) is 7.18. The van der Waals surface area contributed by atoms with Gasteiger partial charge in [-0.25, -0.2) is 0 Å². The number of hydrogen-bond donors (Lipinski definition) is 0. The Hall–Kier alpha value is -2.34. The first-order chi connectivity index (χ1) is 12.6. The van der Waals surface area contributed by atoms with E-state index in [4.69, 9.17) is 0 Å². The van der Waals surface area contributed by atoms with E-state index in [9.17, 15) is 9.18 Å². The Balaban J connectivity index is 1.58. The Bertz CT molecular complexity index is 1070. The van der Waals surface area contributed by atoms with Gasteiger partial charge in [-0.3, -0.25) is 0 Å². The van der Waals surface area contributed by atoms with Crippen LogP contribution >= 0.6 is 11.3 Å². The summed E-state index contributed by atoms with van der Waals surface area (Å²) in [6, 6.07) is 12.3. The van der Waals surface area contributed by atoms with Crippen LogP contribution in [0.2, 0.25) is 0 Å². The van der Waals surface area contributed by atoms with Gasteiger partial charge in [-0.1, -0.05) is 0 Å². The summed E-state index contributed by atoms with van der Waals surface area (Å²) in [4.78, 5) is 16.8. The van der Waals surface area contributed by atoms with Gasteiger partial charge in [0.25, 0.3) is 0 Å². The Kier molecular flexibility index (Phi) is 4.68. The molecule has 1 aromatic carbocycles. The number of halogens is 1. The van der Waals surface area contributed by atoms with E-state index >= 15 is 0 Å². The molecule has 4 nitrogen and oxygen atoms in total. The maximum absolute atomic E-state index is 13.8. The zero-order valence-corrected chi connectivity index (χ0v) is 16.4. The standard InChI is InChI=1S/C19H14FN3OSSe/c1-23-15(11-14(22-23)19-21-8-9-25-19)17-6-7-18(26-17)16(24)10-12-4-2-3-5-13(12)20/h2-9,11H,10H2,1H3. The summed E-state index contributed by atoms with van der Waals surface area (Å²) in [6.07, 6.45) is 1.85. The van der Waals surface area contributed by atoms with Crippen LogP contribution in [0.25, 0.3) is 20.8 Å². The number of aromatic nitrogens is 3. The van der Waals surface area contributed by atoms with Crippen molar-refractivity contribution in [3.8, 4) is 20.8 Å². The van der Waals surface area contributed by atoms with Crippen molar-refractivity contribution in [3.63, 3.8) is 0 Å². The van der Waals surface area contributed by atoms with Crippen molar-refractivity contribution in [1.82, 2.24) is 14.8 Å². The molecule has 0 saturated carbocycles. The SMILES string of the molecule is Cn1nc(-c2nccs2)cc1-c1ccc(C(=O)Cc2ccccc2F)[se]1. The number of ketones is 1. The number of thiazole rings is 1. The van der Waals surface area contributed by atoms with Gasteiger partial charge in [0.2, 0.25) is 0 Å². The van der Waals surface area contributed by atoms with E-state index in [1.165, 1.54) is 6.07 Å². The van der Waals surface area contributed by atoms with Crippen molar-refractivity contribution in [2.45, 2.75) is 6.42 Å². The number of benzene rings is 1. The number of hydrogen-bond acceptors (Lipinski definition) is 4. The van der Waals surface area contributed by atoms with E-state index in [0.29, 0.717) is 5.56 Å². The molecule has 0 spiro atoms. The predicted molar refractivity (Wildman–Crippen MR) is 101 cm³/mol. The summed E-state index contributed by atoms with van der Waals surface area (Å²) in [6.45, 7) is 0. The number of carbonyl (C=O) groups is 1. The molecule has 3 aromatic heterocycles. The minimum atomic E-state index is -0.333. The third-order valence-electron chi connectivity index (χ3n) is 3.97. The predicted octanol–water partition coefficient (Wildman–Crippen LogP) is 3.83. The number of carbonyl (C=O) groups excluding carboxylic acids is 1. The summed E-state index contributed by atoms with van der Waals surface area (Å²) in [5, 5.41) is 7.32. The van der Waals surface area contributed by atoms with Gasteiger partial charge in [0.1, 0.15) is 0 Å². The maximum atomic E-state index is 13.8. The minimum absolute atomic E-state index is 0.0244. The average molecular weight is 430 g/mol. The van der Waals surface area contributed by atoms with Crippen LogP contribution in [0.1, 0.15) is 14.8 Å². The van der Waals surface area contributed by atoms with Gasteiger partial charge in [0, 0.05) is 0 Å². The molecule has 4 aromatic rings. The molecule has 0 unspecified atom stereocenters. The molecule has 0 saturated heterocycles. The van der Waals surface area contributed by atoms with Crippen molar-refractivity contribution in [1.29, 1.82) is 0 Å². The summed E-state index contributed by atoms with van der Waals surface area (Å²) in [5.74, 6) is -0.358. The first-order valence-electron chi connectivity index (χ1n) is 7.92. The number of aryl methyl sites for hydroxylation is 1. The molecule has 0 bridgehead atoms. The van der Waals surface area contributed by atoms with E-state index in [1.54, 1.807) is 35.7 Å².